The first-order chi connectivity index (χ1) is 13.2. The number of amides is 1. The van der Waals surface area contributed by atoms with Gasteiger partial charge in [-0.2, -0.15) is 0 Å². The van der Waals surface area contributed by atoms with Gasteiger partial charge in [-0.3, -0.25) is 10.1 Å². The zero-order valence-corrected chi connectivity index (χ0v) is 15.2. The number of benzene rings is 2. The number of carbonyl (C=O) groups is 1. The fraction of sp³-hybridized carbons (Fsp3) is 0.0476. The van der Waals surface area contributed by atoms with Gasteiger partial charge < -0.3 is 10.2 Å². The summed E-state index contributed by atoms with van der Waals surface area (Å²) in [5, 5.41) is 3.34. The van der Waals surface area contributed by atoms with Crippen LogP contribution in [0.5, 0.6) is 0 Å². The third kappa shape index (κ3) is 4.07. The van der Waals surface area contributed by atoms with Crippen molar-refractivity contribution >= 4 is 28.1 Å². The van der Waals surface area contributed by atoms with Crippen molar-refractivity contribution in [1.29, 1.82) is 0 Å². The second kappa shape index (κ2) is 7.47. The molecule has 6 heteroatoms. The van der Waals surface area contributed by atoms with E-state index < -0.39 is 0 Å². The summed E-state index contributed by atoms with van der Waals surface area (Å²) in [7, 11) is 0. The van der Waals surface area contributed by atoms with E-state index in [0.717, 1.165) is 16.9 Å². The second-order valence-electron chi connectivity index (χ2n) is 6.04. The molecule has 27 heavy (non-hydrogen) atoms. The van der Waals surface area contributed by atoms with E-state index in [4.69, 9.17) is 10.2 Å². The van der Waals surface area contributed by atoms with Gasteiger partial charge in [0.2, 0.25) is 0 Å². The Hall–Kier alpha value is -3.38. The number of thiazole rings is 1. The van der Waals surface area contributed by atoms with Crippen molar-refractivity contribution < 1.29 is 9.21 Å². The minimum atomic E-state index is -0.328. The monoisotopic (exact) mass is 375 g/mol. The topological polar surface area (TPSA) is 81.2 Å². The summed E-state index contributed by atoms with van der Waals surface area (Å²) in [6, 6.07) is 20.9. The summed E-state index contributed by atoms with van der Waals surface area (Å²) in [4.78, 5) is 17.8. The number of nitrogens with zero attached hydrogens (tertiary/aromatic N) is 1. The quantitative estimate of drug-likeness (QED) is 0.490. The van der Waals surface area contributed by atoms with Gasteiger partial charge in [0.25, 0.3) is 5.91 Å². The van der Waals surface area contributed by atoms with Crippen molar-refractivity contribution in [3.8, 4) is 11.3 Å². The van der Waals surface area contributed by atoms with Gasteiger partial charge in [0.15, 0.2) is 10.9 Å². The molecule has 0 saturated carbocycles. The molecule has 2 aromatic heterocycles. The van der Waals surface area contributed by atoms with Crippen LogP contribution in [-0.4, -0.2) is 10.9 Å². The third-order valence-corrected chi connectivity index (χ3v) is 4.91. The summed E-state index contributed by atoms with van der Waals surface area (Å²) in [5.74, 6) is 0.495. The molecule has 0 unspecified atom stereocenters. The van der Waals surface area contributed by atoms with E-state index in [2.05, 4.69) is 22.4 Å². The van der Waals surface area contributed by atoms with Crippen LogP contribution in [0.25, 0.3) is 11.3 Å². The predicted octanol–water partition coefficient (Wildman–Crippen LogP) is 4.83. The lowest BCUT2D eigenvalue weighted by Crippen LogP contribution is -2.10. The van der Waals surface area contributed by atoms with Crippen LogP contribution in [-0.2, 0) is 6.42 Å². The number of nitrogen functional groups attached to an aromatic ring is 1. The Bertz CT molecular complexity index is 1070. The van der Waals surface area contributed by atoms with E-state index in [0.29, 0.717) is 16.6 Å². The summed E-state index contributed by atoms with van der Waals surface area (Å²) >= 11 is 1.45. The van der Waals surface area contributed by atoms with Gasteiger partial charge in [0.1, 0.15) is 5.76 Å². The molecule has 134 valence electrons. The molecule has 0 radical (unpaired) electrons. The summed E-state index contributed by atoms with van der Waals surface area (Å²) in [6.45, 7) is 0. The largest absolute Gasteiger partial charge is 0.451 e. The standard InChI is InChI=1S/C21H17N3O2S/c22-16-8-4-7-15(12-16)18-9-10-19(26-18)20(25)24-21-23-13-17(27-21)11-14-5-2-1-3-6-14/h1-10,12-13H,11,22H2,(H,23,24,25). The average molecular weight is 375 g/mol. The SMILES string of the molecule is Nc1cccc(-c2ccc(C(=O)Nc3ncc(Cc4ccccc4)s3)o2)c1. The number of hydrogen-bond acceptors (Lipinski definition) is 5. The first-order valence-corrected chi connectivity index (χ1v) is 9.25. The molecule has 0 fully saturated rings. The van der Waals surface area contributed by atoms with Crippen molar-refractivity contribution in [2.75, 3.05) is 11.1 Å². The van der Waals surface area contributed by atoms with E-state index in [1.54, 1.807) is 30.5 Å². The first-order valence-electron chi connectivity index (χ1n) is 8.43. The molecule has 1 amide bonds. The van der Waals surface area contributed by atoms with Gasteiger partial charge in [-0.1, -0.05) is 42.5 Å². The van der Waals surface area contributed by atoms with Gasteiger partial charge in [0, 0.05) is 28.7 Å². The Morgan fingerprint density at radius 1 is 1.07 bits per heavy atom. The van der Waals surface area contributed by atoms with E-state index in [1.807, 2.05) is 30.3 Å². The third-order valence-electron chi connectivity index (χ3n) is 4.00. The molecule has 0 spiro atoms. The maximum absolute atomic E-state index is 12.4. The molecule has 0 aliphatic rings. The van der Waals surface area contributed by atoms with Gasteiger partial charge in [-0.25, -0.2) is 4.98 Å². The molecular weight excluding hydrogens is 358 g/mol. The Morgan fingerprint density at radius 3 is 2.74 bits per heavy atom. The van der Waals surface area contributed by atoms with Gasteiger partial charge in [-0.15, -0.1) is 11.3 Å². The average Bonchev–Trinajstić information content (AvgIpc) is 3.32. The molecule has 5 nitrogen and oxygen atoms in total. The number of anilines is 2. The lowest BCUT2D eigenvalue weighted by molar-refractivity contribution is 0.0997. The zero-order valence-electron chi connectivity index (χ0n) is 14.4. The van der Waals surface area contributed by atoms with E-state index in [9.17, 15) is 4.79 Å². The summed E-state index contributed by atoms with van der Waals surface area (Å²) in [5.41, 5.74) is 8.47. The van der Waals surface area contributed by atoms with Gasteiger partial charge >= 0.3 is 0 Å². The van der Waals surface area contributed by atoms with Crippen LogP contribution in [0.1, 0.15) is 21.0 Å². The molecule has 4 rings (SSSR count). The first kappa shape index (κ1) is 17.1. The number of carbonyl (C=O) groups excluding carboxylic acids is 1. The van der Waals surface area contributed by atoms with Crippen molar-refractivity contribution in [2.24, 2.45) is 0 Å². The highest BCUT2D eigenvalue weighted by Crippen LogP contribution is 2.25. The van der Waals surface area contributed by atoms with Crippen LogP contribution in [0.2, 0.25) is 0 Å². The Balaban J connectivity index is 1.44. The fourth-order valence-corrected chi connectivity index (χ4v) is 3.55. The van der Waals surface area contributed by atoms with Gasteiger partial charge in [0.05, 0.1) is 0 Å². The smallest absolute Gasteiger partial charge is 0.293 e. The Kier molecular flexibility index (Phi) is 4.72. The fourth-order valence-electron chi connectivity index (χ4n) is 2.71. The summed E-state index contributed by atoms with van der Waals surface area (Å²) in [6.07, 6.45) is 2.57. The molecule has 2 aromatic carbocycles. The maximum atomic E-state index is 12.4. The Morgan fingerprint density at radius 2 is 1.93 bits per heavy atom. The molecule has 0 aliphatic carbocycles. The molecule has 0 bridgehead atoms. The normalized spacial score (nSPS) is 10.7. The molecule has 0 aliphatic heterocycles. The highest BCUT2D eigenvalue weighted by atomic mass is 32.1. The number of hydrogen-bond donors (Lipinski definition) is 2. The number of nitrogens with one attached hydrogen (secondary N) is 1. The second-order valence-corrected chi connectivity index (χ2v) is 7.15. The minimum Gasteiger partial charge on any atom is -0.451 e. The van der Waals surface area contributed by atoms with Crippen LogP contribution in [0, 0.1) is 0 Å². The number of rotatable bonds is 5. The van der Waals surface area contributed by atoms with Crippen LogP contribution in [0.15, 0.2) is 77.3 Å². The predicted molar refractivity (Wildman–Crippen MR) is 108 cm³/mol. The van der Waals surface area contributed by atoms with Crippen LogP contribution >= 0.6 is 11.3 Å². The van der Waals surface area contributed by atoms with Crippen LogP contribution in [0.4, 0.5) is 10.8 Å². The molecule has 2 heterocycles. The molecule has 0 atom stereocenters. The minimum absolute atomic E-state index is 0.229. The van der Waals surface area contributed by atoms with Crippen molar-refractivity contribution in [1.82, 2.24) is 4.98 Å². The van der Waals surface area contributed by atoms with Crippen molar-refractivity contribution in [3.63, 3.8) is 0 Å². The number of furan rings is 1. The molecule has 4 aromatic rings. The zero-order chi connectivity index (χ0) is 18.6. The van der Waals surface area contributed by atoms with E-state index >= 15 is 0 Å². The lowest BCUT2D eigenvalue weighted by Gasteiger charge is -2.00. The summed E-state index contributed by atoms with van der Waals surface area (Å²) < 4.78 is 5.67. The molecule has 0 saturated heterocycles. The van der Waals surface area contributed by atoms with Crippen molar-refractivity contribution in [3.05, 3.63) is 89.1 Å². The maximum Gasteiger partial charge on any atom is 0.293 e. The Labute approximate surface area is 160 Å². The van der Waals surface area contributed by atoms with Crippen molar-refractivity contribution in [2.45, 2.75) is 6.42 Å². The molecule has 3 N–H and O–H groups in total. The highest BCUT2D eigenvalue weighted by molar-refractivity contribution is 7.15. The molecular formula is C21H17N3O2S. The lowest BCUT2D eigenvalue weighted by atomic mass is 10.1. The van der Waals surface area contributed by atoms with Gasteiger partial charge in [-0.05, 0) is 29.8 Å². The van der Waals surface area contributed by atoms with Crippen LogP contribution < -0.4 is 11.1 Å². The van der Waals surface area contributed by atoms with E-state index in [1.165, 1.54) is 16.9 Å². The number of aromatic nitrogens is 1. The highest BCUT2D eigenvalue weighted by Gasteiger charge is 2.14. The van der Waals surface area contributed by atoms with Crippen LogP contribution in [0.3, 0.4) is 0 Å². The number of nitrogens with two attached hydrogens (primary N) is 1. The van der Waals surface area contributed by atoms with E-state index in [-0.39, 0.29) is 11.7 Å².